The SMILES string of the molecule is COC(=O)c1ccccc1NC(=O)Cc1csc(Cc2cccc(Cl)c2)n1. The lowest BCUT2D eigenvalue weighted by atomic mass is 10.1. The van der Waals surface area contributed by atoms with Crippen LogP contribution in [0.25, 0.3) is 0 Å². The highest BCUT2D eigenvalue weighted by atomic mass is 35.5. The first-order valence-corrected chi connectivity index (χ1v) is 9.46. The lowest BCUT2D eigenvalue weighted by Crippen LogP contribution is -2.17. The smallest absolute Gasteiger partial charge is 0.339 e. The number of rotatable bonds is 6. The van der Waals surface area contributed by atoms with E-state index in [2.05, 4.69) is 10.3 Å². The van der Waals surface area contributed by atoms with Crippen molar-refractivity contribution in [3.63, 3.8) is 0 Å². The number of methoxy groups -OCH3 is 1. The topological polar surface area (TPSA) is 68.3 Å². The summed E-state index contributed by atoms with van der Waals surface area (Å²) in [5, 5.41) is 6.21. The zero-order valence-corrected chi connectivity index (χ0v) is 16.1. The fourth-order valence-electron chi connectivity index (χ4n) is 2.57. The van der Waals surface area contributed by atoms with Crippen molar-refractivity contribution in [3.05, 3.63) is 80.8 Å². The van der Waals surface area contributed by atoms with Crippen LogP contribution in [0.3, 0.4) is 0 Å². The maximum absolute atomic E-state index is 12.3. The second-order valence-electron chi connectivity index (χ2n) is 5.80. The van der Waals surface area contributed by atoms with Gasteiger partial charge in [0.1, 0.15) is 0 Å². The van der Waals surface area contributed by atoms with E-state index in [1.54, 1.807) is 24.3 Å². The molecule has 0 atom stereocenters. The van der Waals surface area contributed by atoms with E-state index >= 15 is 0 Å². The molecule has 7 heteroatoms. The number of anilines is 1. The largest absolute Gasteiger partial charge is 0.465 e. The van der Waals surface area contributed by atoms with Crippen LogP contribution in [0.4, 0.5) is 5.69 Å². The summed E-state index contributed by atoms with van der Waals surface area (Å²) in [7, 11) is 1.30. The molecule has 1 heterocycles. The molecule has 0 aliphatic rings. The number of nitrogens with one attached hydrogen (secondary N) is 1. The lowest BCUT2D eigenvalue weighted by molar-refractivity contribution is -0.115. The number of amides is 1. The minimum Gasteiger partial charge on any atom is -0.465 e. The fraction of sp³-hybridized carbons (Fsp3) is 0.150. The molecule has 0 aliphatic carbocycles. The van der Waals surface area contributed by atoms with Crippen LogP contribution in [0.2, 0.25) is 5.02 Å². The maximum Gasteiger partial charge on any atom is 0.339 e. The van der Waals surface area contributed by atoms with Gasteiger partial charge in [-0.25, -0.2) is 9.78 Å². The van der Waals surface area contributed by atoms with Crippen LogP contribution in [-0.2, 0) is 22.4 Å². The average molecular weight is 401 g/mol. The Morgan fingerprint density at radius 1 is 1.19 bits per heavy atom. The molecule has 1 amide bonds. The fourth-order valence-corrected chi connectivity index (χ4v) is 3.61. The molecule has 0 saturated heterocycles. The van der Waals surface area contributed by atoms with Gasteiger partial charge in [-0.3, -0.25) is 4.79 Å². The van der Waals surface area contributed by atoms with Gasteiger partial charge in [0.2, 0.25) is 5.91 Å². The number of carbonyl (C=O) groups is 2. The number of para-hydroxylation sites is 1. The van der Waals surface area contributed by atoms with E-state index in [4.69, 9.17) is 16.3 Å². The Morgan fingerprint density at radius 2 is 2.00 bits per heavy atom. The van der Waals surface area contributed by atoms with Crippen molar-refractivity contribution in [2.45, 2.75) is 12.8 Å². The number of halogens is 1. The summed E-state index contributed by atoms with van der Waals surface area (Å²) in [5.41, 5.74) is 2.49. The van der Waals surface area contributed by atoms with Gasteiger partial charge in [-0.2, -0.15) is 0 Å². The molecule has 5 nitrogen and oxygen atoms in total. The van der Waals surface area contributed by atoms with Gasteiger partial charge < -0.3 is 10.1 Å². The standard InChI is InChI=1S/C20H17ClN2O3S/c1-26-20(25)16-7-2-3-8-17(16)23-18(24)11-15-12-27-19(22-15)10-13-5-4-6-14(21)9-13/h2-9,12H,10-11H2,1H3,(H,23,24). The van der Waals surface area contributed by atoms with Crippen molar-refractivity contribution in [2.75, 3.05) is 12.4 Å². The second-order valence-corrected chi connectivity index (χ2v) is 7.18. The Balaban J connectivity index is 1.64. The number of aromatic nitrogens is 1. The Morgan fingerprint density at radius 3 is 2.78 bits per heavy atom. The maximum atomic E-state index is 12.3. The highest BCUT2D eigenvalue weighted by Gasteiger charge is 2.14. The van der Waals surface area contributed by atoms with Gasteiger partial charge in [0.15, 0.2) is 0 Å². The van der Waals surface area contributed by atoms with Gasteiger partial charge in [0.25, 0.3) is 0 Å². The minimum atomic E-state index is -0.497. The summed E-state index contributed by atoms with van der Waals surface area (Å²) in [6, 6.07) is 14.3. The van der Waals surface area contributed by atoms with Gasteiger partial charge in [-0.1, -0.05) is 35.9 Å². The molecule has 27 heavy (non-hydrogen) atoms. The predicted octanol–water partition coefficient (Wildman–Crippen LogP) is 4.36. The third kappa shape index (κ3) is 5.15. The Hall–Kier alpha value is -2.70. The number of esters is 1. The van der Waals surface area contributed by atoms with E-state index in [1.165, 1.54) is 18.4 Å². The van der Waals surface area contributed by atoms with E-state index < -0.39 is 5.97 Å². The molecule has 0 spiro atoms. The molecule has 1 aromatic heterocycles. The first-order chi connectivity index (χ1) is 13.0. The van der Waals surface area contributed by atoms with E-state index in [0.717, 1.165) is 10.6 Å². The van der Waals surface area contributed by atoms with Gasteiger partial charge >= 0.3 is 5.97 Å². The predicted molar refractivity (Wildman–Crippen MR) is 106 cm³/mol. The second kappa shape index (κ2) is 8.79. The average Bonchev–Trinajstić information content (AvgIpc) is 3.08. The summed E-state index contributed by atoms with van der Waals surface area (Å²) in [6.45, 7) is 0. The Kier molecular flexibility index (Phi) is 6.21. The van der Waals surface area contributed by atoms with Crippen molar-refractivity contribution in [2.24, 2.45) is 0 Å². The van der Waals surface area contributed by atoms with Crippen LogP contribution in [0.5, 0.6) is 0 Å². The Bertz CT molecular complexity index is 971. The van der Waals surface area contributed by atoms with E-state index in [0.29, 0.717) is 28.4 Å². The first-order valence-electron chi connectivity index (χ1n) is 8.20. The molecule has 0 unspecified atom stereocenters. The molecule has 0 saturated carbocycles. The van der Waals surface area contributed by atoms with Crippen LogP contribution >= 0.6 is 22.9 Å². The molecule has 0 bridgehead atoms. The molecule has 0 aliphatic heterocycles. The molecular weight excluding hydrogens is 384 g/mol. The van der Waals surface area contributed by atoms with Crippen LogP contribution < -0.4 is 5.32 Å². The van der Waals surface area contributed by atoms with Gasteiger partial charge in [-0.15, -0.1) is 11.3 Å². The van der Waals surface area contributed by atoms with Crippen LogP contribution in [0.1, 0.15) is 26.6 Å². The Labute approximate surface area is 166 Å². The van der Waals surface area contributed by atoms with E-state index in [9.17, 15) is 9.59 Å². The molecule has 2 aromatic carbocycles. The van der Waals surface area contributed by atoms with Crippen LogP contribution in [-0.4, -0.2) is 24.0 Å². The number of hydrogen-bond donors (Lipinski definition) is 1. The van der Waals surface area contributed by atoms with Crippen LogP contribution in [0, 0.1) is 0 Å². The zero-order chi connectivity index (χ0) is 19.2. The highest BCUT2D eigenvalue weighted by molar-refractivity contribution is 7.09. The summed E-state index contributed by atoms with van der Waals surface area (Å²) < 4.78 is 4.73. The highest BCUT2D eigenvalue weighted by Crippen LogP contribution is 2.19. The number of hydrogen-bond acceptors (Lipinski definition) is 5. The number of carbonyl (C=O) groups excluding carboxylic acids is 2. The number of nitrogens with zero attached hydrogens (tertiary/aromatic N) is 1. The first kappa shape index (κ1) is 19.1. The molecular formula is C20H17ClN2O3S. The van der Waals surface area contributed by atoms with Crippen molar-refractivity contribution in [3.8, 4) is 0 Å². The van der Waals surface area contributed by atoms with Gasteiger partial charge in [0.05, 0.1) is 35.5 Å². The van der Waals surface area contributed by atoms with Crippen LogP contribution in [0.15, 0.2) is 53.9 Å². The number of thiazole rings is 1. The van der Waals surface area contributed by atoms with Gasteiger partial charge in [0, 0.05) is 16.8 Å². The summed E-state index contributed by atoms with van der Waals surface area (Å²) >= 11 is 7.51. The van der Waals surface area contributed by atoms with E-state index in [1.807, 2.05) is 29.6 Å². The van der Waals surface area contributed by atoms with Gasteiger partial charge in [-0.05, 0) is 29.8 Å². The normalized spacial score (nSPS) is 10.4. The van der Waals surface area contributed by atoms with Crippen molar-refractivity contribution < 1.29 is 14.3 Å². The summed E-state index contributed by atoms with van der Waals surface area (Å²) in [6.07, 6.45) is 0.791. The van der Waals surface area contributed by atoms with Crippen molar-refractivity contribution >= 4 is 40.5 Å². The number of ether oxygens (including phenoxy) is 1. The van der Waals surface area contributed by atoms with Crippen molar-refractivity contribution in [1.29, 1.82) is 0 Å². The summed E-state index contributed by atoms with van der Waals surface area (Å²) in [4.78, 5) is 28.6. The molecule has 1 N–H and O–H groups in total. The lowest BCUT2D eigenvalue weighted by Gasteiger charge is -2.08. The van der Waals surface area contributed by atoms with Crippen molar-refractivity contribution in [1.82, 2.24) is 4.98 Å². The minimum absolute atomic E-state index is 0.127. The quantitative estimate of drug-likeness (QED) is 0.624. The number of benzene rings is 2. The third-order valence-corrected chi connectivity index (χ3v) is 4.92. The molecule has 0 radical (unpaired) electrons. The third-order valence-electron chi connectivity index (χ3n) is 3.79. The molecule has 3 aromatic rings. The summed E-state index contributed by atoms with van der Waals surface area (Å²) in [5.74, 6) is -0.741. The molecule has 138 valence electrons. The molecule has 0 fully saturated rings. The molecule has 3 rings (SSSR count). The van der Waals surface area contributed by atoms with E-state index in [-0.39, 0.29) is 12.3 Å². The monoisotopic (exact) mass is 400 g/mol. The zero-order valence-electron chi connectivity index (χ0n) is 14.6.